The van der Waals surface area contributed by atoms with Gasteiger partial charge in [-0.2, -0.15) is 0 Å². The number of hydrogen-bond donors (Lipinski definition) is 1. The smallest absolute Gasteiger partial charge is 0.338 e. The topological polar surface area (TPSA) is 85.4 Å². The van der Waals surface area contributed by atoms with Crippen LogP contribution in [0.1, 0.15) is 35.7 Å². The van der Waals surface area contributed by atoms with Gasteiger partial charge in [0.05, 0.1) is 27.3 Å². The van der Waals surface area contributed by atoms with E-state index in [0.29, 0.717) is 22.4 Å². The summed E-state index contributed by atoms with van der Waals surface area (Å²) in [5, 5.41) is 0.252. The first kappa shape index (κ1) is 19.3. The number of anilines is 1. The highest BCUT2D eigenvalue weighted by atomic mass is 32.2. The van der Waals surface area contributed by atoms with E-state index >= 15 is 0 Å². The number of thiazole rings is 1. The molecule has 2 aromatic carbocycles. The van der Waals surface area contributed by atoms with Crippen molar-refractivity contribution >= 4 is 42.7 Å². The molecule has 8 heteroatoms. The van der Waals surface area contributed by atoms with E-state index in [0.717, 1.165) is 18.4 Å². The molecule has 0 aliphatic heterocycles. The fraction of sp³-hybridized carbons (Fsp3) is 0.263. The number of nitrogens with one attached hydrogen (secondary N) is 1. The van der Waals surface area contributed by atoms with Crippen molar-refractivity contribution in [1.29, 1.82) is 0 Å². The molecule has 0 aliphatic rings. The van der Waals surface area contributed by atoms with Crippen LogP contribution in [-0.4, -0.2) is 26.0 Å². The first-order valence-corrected chi connectivity index (χ1v) is 10.9. The number of benzene rings is 2. The zero-order chi connectivity index (χ0) is 19.4. The summed E-state index contributed by atoms with van der Waals surface area (Å²) in [4.78, 5) is 16.5. The number of ether oxygens (including phenoxy) is 1. The van der Waals surface area contributed by atoms with Crippen molar-refractivity contribution in [3.8, 4) is 0 Å². The lowest BCUT2D eigenvalue weighted by Crippen LogP contribution is -2.12. The SMILES string of the molecule is CCCCOC(=O)c1ccc2nc(NS(=O)(=O)c3ccc(C)cc3)sc2c1. The maximum absolute atomic E-state index is 12.5. The Hall–Kier alpha value is -2.45. The summed E-state index contributed by atoms with van der Waals surface area (Å²) in [6.45, 7) is 4.30. The van der Waals surface area contributed by atoms with Crippen molar-refractivity contribution in [1.82, 2.24) is 4.98 Å². The van der Waals surface area contributed by atoms with Crippen molar-refractivity contribution in [2.24, 2.45) is 0 Å². The zero-order valence-corrected chi connectivity index (χ0v) is 16.7. The minimum Gasteiger partial charge on any atom is -0.462 e. The fourth-order valence-corrected chi connectivity index (χ4v) is 4.52. The molecule has 3 aromatic rings. The molecule has 0 spiro atoms. The van der Waals surface area contributed by atoms with Crippen LogP contribution in [0.4, 0.5) is 5.13 Å². The molecule has 0 bridgehead atoms. The Labute approximate surface area is 162 Å². The molecule has 6 nitrogen and oxygen atoms in total. The van der Waals surface area contributed by atoms with Gasteiger partial charge in [0.15, 0.2) is 5.13 Å². The van der Waals surface area contributed by atoms with E-state index in [1.165, 1.54) is 11.3 Å². The number of nitrogens with zero attached hydrogens (tertiary/aromatic N) is 1. The van der Waals surface area contributed by atoms with Gasteiger partial charge in [-0.05, 0) is 43.7 Å². The van der Waals surface area contributed by atoms with Crippen LogP contribution in [0.3, 0.4) is 0 Å². The predicted octanol–water partition coefficient (Wildman–Crippen LogP) is 4.36. The maximum Gasteiger partial charge on any atom is 0.338 e. The van der Waals surface area contributed by atoms with Gasteiger partial charge < -0.3 is 4.74 Å². The van der Waals surface area contributed by atoms with E-state index < -0.39 is 10.0 Å². The number of rotatable bonds is 7. The molecule has 0 aliphatic carbocycles. The van der Waals surface area contributed by atoms with Gasteiger partial charge in [0.2, 0.25) is 0 Å². The first-order valence-electron chi connectivity index (χ1n) is 8.56. The fourth-order valence-electron chi connectivity index (χ4n) is 2.38. The Morgan fingerprint density at radius 2 is 1.93 bits per heavy atom. The number of aryl methyl sites for hydroxylation is 1. The summed E-state index contributed by atoms with van der Waals surface area (Å²) in [7, 11) is -3.71. The number of carbonyl (C=O) groups excluding carboxylic acids is 1. The molecule has 0 amide bonds. The maximum atomic E-state index is 12.5. The summed E-state index contributed by atoms with van der Waals surface area (Å²) in [5.41, 5.74) is 2.02. The third-order valence-electron chi connectivity index (χ3n) is 3.91. The molecule has 1 aromatic heterocycles. The largest absolute Gasteiger partial charge is 0.462 e. The lowest BCUT2D eigenvalue weighted by molar-refractivity contribution is 0.0500. The molecule has 0 saturated carbocycles. The summed E-state index contributed by atoms with van der Waals surface area (Å²) < 4.78 is 33.4. The average Bonchev–Trinajstić information content (AvgIpc) is 3.02. The molecule has 0 saturated heterocycles. The first-order chi connectivity index (χ1) is 12.9. The molecule has 1 N–H and O–H groups in total. The minimum absolute atomic E-state index is 0.174. The second-order valence-corrected chi connectivity index (χ2v) is 8.82. The van der Waals surface area contributed by atoms with E-state index in [2.05, 4.69) is 9.71 Å². The zero-order valence-electron chi connectivity index (χ0n) is 15.1. The summed E-state index contributed by atoms with van der Waals surface area (Å²) >= 11 is 1.17. The van der Waals surface area contributed by atoms with Crippen LogP contribution in [-0.2, 0) is 14.8 Å². The Bertz CT molecular complexity index is 1060. The molecular weight excluding hydrogens is 384 g/mol. The van der Waals surface area contributed by atoms with Gasteiger partial charge in [0.25, 0.3) is 10.0 Å². The van der Waals surface area contributed by atoms with Gasteiger partial charge in [-0.15, -0.1) is 0 Å². The van der Waals surface area contributed by atoms with Crippen LogP contribution in [0.2, 0.25) is 0 Å². The highest BCUT2D eigenvalue weighted by molar-refractivity contribution is 7.93. The Morgan fingerprint density at radius 3 is 2.63 bits per heavy atom. The van der Waals surface area contributed by atoms with Crippen LogP contribution in [0.5, 0.6) is 0 Å². The van der Waals surface area contributed by atoms with Gasteiger partial charge in [-0.1, -0.05) is 42.4 Å². The third kappa shape index (κ3) is 4.64. The van der Waals surface area contributed by atoms with E-state index in [1.54, 1.807) is 42.5 Å². The second-order valence-electron chi connectivity index (χ2n) is 6.11. The molecule has 0 fully saturated rings. The predicted molar refractivity (Wildman–Crippen MR) is 107 cm³/mol. The van der Waals surface area contributed by atoms with Crippen molar-refractivity contribution in [3.05, 3.63) is 53.6 Å². The van der Waals surface area contributed by atoms with E-state index in [9.17, 15) is 13.2 Å². The monoisotopic (exact) mass is 404 g/mol. The van der Waals surface area contributed by atoms with Gasteiger partial charge in [0.1, 0.15) is 0 Å². The summed E-state index contributed by atoms with van der Waals surface area (Å²) in [6.07, 6.45) is 1.77. The molecule has 1 heterocycles. The van der Waals surface area contributed by atoms with Crippen LogP contribution >= 0.6 is 11.3 Å². The second kappa shape index (κ2) is 8.06. The minimum atomic E-state index is -3.71. The number of hydrogen-bond acceptors (Lipinski definition) is 6. The highest BCUT2D eigenvalue weighted by Gasteiger charge is 2.17. The van der Waals surface area contributed by atoms with Crippen molar-refractivity contribution in [3.63, 3.8) is 0 Å². The van der Waals surface area contributed by atoms with Gasteiger partial charge in [0, 0.05) is 0 Å². The summed E-state index contributed by atoms with van der Waals surface area (Å²) in [6, 6.07) is 11.6. The van der Waals surface area contributed by atoms with E-state index in [4.69, 9.17) is 4.74 Å². The summed E-state index contributed by atoms with van der Waals surface area (Å²) in [5.74, 6) is -0.388. The Balaban J connectivity index is 1.80. The van der Waals surface area contributed by atoms with Crippen molar-refractivity contribution < 1.29 is 17.9 Å². The number of unbranched alkanes of at least 4 members (excludes halogenated alkanes) is 1. The molecule has 0 radical (unpaired) electrons. The van der Waals surface area contributed by atoms with E-state index in [-0.39, 0.29) is 16.0 Å². The normalized spacial score (nSPS) is 11.5. The van der Waals surface area contributed by atoms with Crippen LogP contribution in [0.25, 0.3) is 10.2 Å². The Kier molecular flexibility index (Phi) is 5.76. The van der Waals surface area contributed by atoms with Gasteiger partial charge in [-0.25, -0.2) is 18.2 Å². The number of carbonyl (C=O) groups is 1. The molecule has 0 atom stereocenters. The lowest BCUT2D eigenvalue weighted by atomic mass is 10.2. The molecule has 142 valence electrons. The highest BCUT2D eigenvalue weighted by Crippen LogP contribution is 2.28. The Morgan fingerprint density at radius 1 is 1.19 bits per heavy atom. The number of sulfonamides is 1. The standard InChI is InChI=1S/C19H20N2O4S2/c1-3-4-11-25-18(22)14-7-10-16-17(12-14)26-19(20-16)21-27(23,24)15-8-5-13(2)6-9-15/h5-10,12H,3-4,11H2,1-2H3,(H,20,21). The molecular formula is C19H20N2O4S2. The number of fused-ring (bicyclic) bond motifs is 1. The van der Waals surface area contributed by atoms with Crippen molar-refractivity contribution in [2.45, 2.75) is 31.6 Å². The molecule has 0 unspecified atom stereocenters. The molecule has 3 rings (SSSR count). The molecule has 27 heavy (non-hydrogen) atoms. The quantitative estimate of drug-likeness (QED) is 0.467. The van der Waals surface area contributed by atoms with E-state index in [1.807, 2.05) is 13.8 Å². The van der Waals surface area contributed by atoms with Crippen LogP contribution < -0.4 is 4.72 Å². The average molecular weight is 405 g/mol. The van der Waals surface area contributed by atoms with Crippen LogP contribution in [0, 0.1) is 6.92 Å². The van der Waals surface area contributed by atoms with Crippen molar-refractivity contribution in [2.75, 3.05) is 11.3 Å². The van der Waals surface area contributed by atoms with Gasteiger partial charge >= 0.3 is 5.97 Å². The van der Waals surface area contributed by atoms with Gasteiger partial charge in [-0.3, -0.25) is 4.72 Å². The third-order valence-corrected chi connectivity index (χ3v) is 6.33. The van der Waals surface area contributed by atoms with Crippen LogP contribution in [0.15, 0.2) is 47.4 Å². The number of aromatic nitrogens is 1. The lowest BCUT2D eigenvalue weighted by Gasteiger charge is -2.04. The number of esters is 1.